The molecule has 0 radical (unpaired) electrons. The molecule has 1 aliphatic rings. The molecule has 1 aromatic rings. The van der Waals surface area contributed by atoms with Crippen molar-refractivity contribution < 1.29 is 17.2 Å². The number of nitrogens with one attached hydrogen (secondary N) is 1. The van der Waals surface area contributed by atoms with Crippen LogP contribution in [-0.2, 0) is 10.0 Å². The number of nitrogens with two attached hydrogens (primary N) is 1. The van der Waals surface area contributed by atoms with Crippen molar-refractivity contribution in [3.8, 4) is 0 Å². The molecule has 19 heavy (non-hydrogen) atoms. The smallest absolute Gasteiger partial charge is 0.244 e. The van der Waals surface area contributed by atoms with Crippen LogP contribution in [0.25, 0.3) is 0 Å². The van der Waals surface area contributed by atoms with Crippen LogP contribution in [-0.4, -0.2) is 20.5 Å². The van der Waals surface area contributed by atoms with Crippen molar-refractivity contribution in [2.75, 3.05) is 6.54 Å². The number of benzene rings is 1. The zero-order valence-electron chi connectivity index (χ0n) is 10.3. The summed E-state index contributed by atoms with van der Waals surface area (Å²) in [6.45, 7) is 0.142. The lowest BCUT2D eigenvalue weighted by atomic mass is 10.0. The van der Waals surface area contributed by atoms with Crippen LogP contribution in [0.15, 0.2) is 23.1 Å². The van der Waals surface area contributed by atoms with E-state index < -0.39 is 32.1 Å². The Morgan fingerprint density at radius 1 is 1.26 bits per heavy atom. The highest BCUT2D eigenvalue weighted by atomic mass is 32.2. The second-order valence-electron chi connectivity index (χ2n) is 4.87. The van der Waals surface area contributed by atoms with Gasteiger partial charge in [-0.1, -0.05) is 12.8 Å². The summed E-state index contributed by atoms with van der Waals surface area (Å²) in [5.74, 6) is -1.77. The molecule has 0 atom stereocenters. The molecule has 1 saturated carbocycles. The standard InChI is InChI=1S/C12H16F2N2O2S/c13-9-3-4-10(14)11(7-9)19(17,18)16-12(8-15)5-1-2-6-12/h3-4,7,16H,1-2,5-6,8,15H2. The minimum atomic E-state index is -4.11. The predicted molar refractivity (Wildman–Crippen MR) is 66.9 cm³/mol. The fraction of sp³-hybridized carbons (Fsp3) is 0.500. The molecule has 0 amide bonds. The zero-order chi connectivity index (χ0) is 14.1. The van der Waals surface area contributed by atoms with Crippen molar-refractivity contribution >= 4 is 10.0 Å². The third kappa shape index (κ3) is 2.93. The SMILES string of the molecule is NCC1(NS(=O)(=O)c2cc(F)ccc2F)CCCC1. The second-order valence-corrected chi connectivity index (χ2v) is 6.52. The first-order valence-corrected chi connectivity index (χ1v) is 7.56. The minimum absolute atomic E-state index is 0.142. The Bertz CT molecular complexity index is 569. The summed E-state index contributed by atoms with van der Waals surface area (Å²) < 4.78 is 53.4. The molecule has 0 bridgehead atoms. The Morgan fingerprint density at radius 2 is 1.89 bits per heavy atom. The van der Waals surface area contributed by atoms with Crippen LogP contribution in [0.5, 0.6) is 0 Å². The quantitative estimate of drug-likeness (QED) is 0.883. The fourth-order valence-electron chi connectivity index (χ4n) is 2.42. The number of halogens is 2. The van der Waals surface area contributed by atoms with Crippen LogP contribution in [0.3, 0.4) is 0 Å². The summed E-state index contributed by atoms with van der Waals surface area (Å²) in [5, 5.41) is 0. The van der Waals surface area contributed by atoms with Crippen LogP contribution < -0.4 is 10.5 Å². The van der Waals surface area contributed by atoms with Gasteiger partial charge in [-0.05, 0) is 31.0 Å². The molecular formula is C12H16F2N2O2S. The van der Waals surface area contributed by atoms with Crippen molar-refractivity contribution in [2.45, 2.75) is 36.1 Å². The molecule has 0 spiro atoms. The van der Waals surface area contributed by atoms with Gasteiger partial charge in [0.1, 0.15) is 16.5 Å². The van der Waals surface area contributed by atoms with Crippen molar-refractivity contribution in [1.82, 2.24) is 4.72 Å². The van der Waals surface area contributed by atoms with Gasteiger partial charge >= 0.3 is 0 Å². The molecule has 1 aliphatic carbocycles. The van der Waals surface area contributed by atoms with Crippen LogP contribution in [0.1, 0.15) is 25.7 Å². The lowest BCUT2D eigenvalue weighted by Crippen LogP contribution is -2.51. The first kappa shape index (κ1) is 14.4. The first-order chi connectivity index (χ1) is 8.88. The maximum Gasteiger partial charge on any atom is 0.244 e. The number of hydrogen-bond acceptors (Lipinski definition) is 3. The van der Waals surface area contributed by atoms with Gasteiger partial charge in [0.05, 0.1) is 0 Å². The van der Waals surface area contributed by atoms with Gasteiger partial charge in [0.25, 0.3) is 0 Å². The molecule has 0 aromatic heterocycles. The van der Waals surface area contributed by atoms with E-state index in [-0.39, 0.29) is 6.54 Å². The van der Waals surface area contributed by atoms with Crippen LogP contribution >= 0.6 is 0 Å². The van der Waals surface area contributed by atoms with E-state index in [1.807, 2.05) is 0 Å². The molecule has 1 aromatic carbocycles. The average Bonchev–Trinajstić information content (AvgIpc) is 2.80. The maximum absolute atomic E-state index is 13.6. The van der Waals surface area contributed by atoms with Crippen molar-refractivity contribution in [3.05, 3.63) is 29.8 Å². The summed E-state index contributed by atoms with van der Waals surface area (Å²) in [5.41, 5.74) is 4.89. The highest BCUT2D eigenvalue weighted by molar-refractivity contribution is 7.89. The molecule has 106 valence electrons. The molecule has 2 rings (SSSR count). The van der Waals surface area contributed by atoms with Crippen molar-refractivity contribution in [1.29, 1.82) is 0 Å². The van der Waals surface area contributed by atoms with E-state index in [0.717, 1.165) is 25.0 Å². The van der Waals surface area contributed by atoms with E-state index in [0.29, 0.717) is 18.9 Å². The molecule has 0 unspecified atom stereocenters. The summed E-state index contributed by atoms with van der Waals surface area (Å²) >= 11 is 0. The van der Waals surface area contributed by atoms with E-state index in [4.69, 9.17) is 5.73 Å². The first-order valence-electron chi connectivity index (χ1n) is 6.08. The lowest BCUT2D eigenvalue weighted by molar-refractivity contribution is 0.398. The van der Waals surface area contributed by atoms with Gasteiger partial charge < -0.3 is 5.73 Å². The van der Waals surface area contributed by atoms with Crippen molar-refractivity contribution in [3.63, 3.8) is 0 Å². The van der Waals surface area contributed by atoms with Gasteiger partial charge in [0, 0.05) is 12.1 Å². The lowest BCUT2D eigenvalue weighted by Gasteiger charge is -2.28. The third-order valence-corrected chi connectivity index (χ3v) is 5.08. The Hall–Kier alpha value is -1.05. The summed E-state index contributed by atoms with van der Waals surface area (Å²) in [4.78, 5) is -0.674. The van der Waals surface area contributed by atoms with Gasteiger partial charge in [-0.2, -0.15) is 0 Å². The van der Waals surface area contributed by atoms with E-state index in [1.54, 1.807) is 0 Å². The number of hydrogen-bond donors (Lipinski definition) is 2. The normalized spacial score (nSPS) is 18.7. The monoisotopic (exact) mass is 290 g/mol. The van der Waals surface area contributed by atoms with Crippen LogP contribution in [0.2, 0.25) is 0 Å². The molecule has 7 heteroatoms. The topological polar surface area (TPSA) is 72.2 Å². The Kier molecular flexibility index (Phi) is 3.89. The van der Waals surface area contributed by atoms with Gasteiger partial charge in [-0.25, -0.2) is 21.9 Å². The minimum Gasteiger partial charge on any atom is -0.329 e. The Balaban J connectivity index is 2.34. The Morgan fingerprint density at radius 3 is 2.47 bits per heavy atom. The molecule has 3 N–H and O–H groups in total. The average molecular weight is 290 g/mol. The van der Waals surface area contributed by atoms with E-state index in [1.165, 1.54) is 0 Å². The second kappa shape index (κ2) is 5.15. The largest absolute Gasteiger partial charge is 0.329 e. The van der Waals surface area contributed by atoms with Crippen LogP contribution in [0.4, 0.5) is 8.78 Å². The number of rotatable bonds is 4. The van der Waals surface area contributed by atoms with E-state index in [2.05, 4.69) is 4.72 Å². The molecule has 1 fully saturated rings. The van der Waals surface area contributed by atoms with E-state index >= 15 is 0 Å². The summed E-state index contributed by atoms with van der Waals surface area (Å²) in [6, 6.07) is 2.35. The maximum atomic E-state index is 13.6. The van der Waals surface area contributed by atoms with Crippen molar-refractivity contribution in [2.24, 2.45) is 5.73 Å². The third-order valence-electron chi connectivity index (χ3n) is 3.49. The highest BCUT2D eigenvalue weighted by Crippen LogP contribution is 2.30. The number of sulfonamides is 1. The van der Waals surface area contributed by atoms with Gasteiger partial charge in [-0.15, -0.1) is 0 Å². The predicted octanol–water partition coefficient (Wildman–Crippen LogP) is 1.51. The van der Waals surface area contributed by atoms with Gasteiger partial charge in [0.2, 0.25) is 10.0 Å². The van der Waals surface area contributed by atoms with Gasteiger partial charge in [-0.3, -0.25) is 0 Å². The molecule has 0 aliphatic heterocycles. The summed E-state index contributed by atoms with van der Waals surface area (Å²) in [7, 11) is -4.11. The Labute approximate surface area is 111 Å². The van der Waals surface area contributed by atoms with Gasteiger partial charge in [0.15, 0.2) is 0 Å². The fourth-order valence-corrected chi connectivity index (χ4v) is 3.98. The molecule has 0 saturated heterocycles. The summed E-state index contributed by atoms with van der Waals surface area (Å²) in [6.07, 6.45) is 2.95. The zero-order valence-corrected chi connectivity index (χ0v) is 11.1. The van der Waals surface area contributed by atoms with Crippen LogP contribution in [0, 0.1) is 11.6 Å². The molecular weight excluding hydrogens is 274 g/mol. The van der Waals surface area contributed by atoms with E-state index in [9.17, 15) is 17.2 Å². The highest BCUT2D eigenvalue weighted by Gasteiger charge is 2.37. The molecule has 4 nitrogen and oxygen atoms in total. The molecule has 0 heterocycles.